The number of rotatable bonds is 4. The van der Waals surface area contributed by atoms with Gasteiger partial charge in [0.15, 0.2) is 0 Å². The average molecular weight is 312 g/mol. The second kappa shape index (κ2) is 5.80. The molecule has 2 nitrogen and oxygen atoms in total. The van der Waals surface area contributed by atoms with Crippen LogP contribution in [0.3, 0.4) is 0 Å². The molecule has 0 bridgehead atoms. The molecule has 0 amide bonds. The maximum atomic E-state index is 8.55. The molecule has 13 heavy (non-hydrogen) atoms. The van der Waals surface area contributed by atoms with E-state index >= 15 is 0 Å². The Hall–Kier alpha value is 0.160. The van der Waals surface area contributed by atoms with E-state index in [1.54, 1.807) is 0 Å². The van der Waals surface area contributed by atoms with Gasteiger partial charge >= 0.3 is 0 Å². The quantitative estimate of drug-likeness (QED) is 0.659. The van der Waals surface area contributed by atoms with Crippen molar-refractivity contribution in [1.29, 1.82) is 0 Å². The van der Waals surface area contributed by atoms with Crippen LogP contribution in [0.2, 0.25) is 5.02 Å². The number of hydrogen-bond acceptors (Lipinski definition) is 2. The lowest BCUT2D eigenvalue weighted by Crippen LogP contribution is -2.17. The summed E-state index contributed by atoms with van der Waals surface area (Å²) in [6.07, 6.45) is 0. The van der Waals surface area contributed by atoms with Gasteiger partial charge < -0.3 is 10.4 Å². The molecule has 0 spiro atoms. The van der Waals surface area contributed by atoms with Crippen LogP contribution in [0.5, 0.6) is 0 Å². The summed E-state index contributed by atoms with van der Waals surface area (Å²) in [6, 6.07) is 5.95. The zero-order chi connectivity index (χ0) is 9.68. The number of aliphatic hydroxyl groups is 1. The van der Waals surface area contributed by atoms with Gasteiger partial charge in [0.1, 0.15) is 0 Å². The van der Waals surface area contributed by atoms with Gasteiger partial charge in [0.2, 0.25) is 0 Å². The van der Waals surface area contributed by atoms with Gasteiger partial charge in [-0.1, -0.05) is 17.7 Å². The van der Waals surface area contributed by atoms with Crippen LogP contribution in [0.4, 0.5) is 0 Å². The van der Waals surface area contributed by atoms with Crippen LogP contribution in [0, 0.1) is 3.57 Å². The average Bonchev–Trinajstić information content (AvgIpc) is 2.12. The van der Waals surface area contributed by atoms with Gasteiger partial charge in [-0.2, -0.15) is 0 Å². The largest absolute Gasteiger partial charge is 0.395 e. The van der Waals surface area contributed by atoms with Crippen molar-refractivity contribution in [2.45, 2.75) is 6.54 Å². The van der Waals surface area contributed by atoms with Crippen molar-refractivity contribution in [2.75, 3.05) is 13.2 Å². The zero-order valence-electron chi connectivity index (χ0n) is 7.06. The van der Waals surface area contributed by atoms with E-state index in [0.717, 1.165) is 20.7 Å². The molecule has 0 aliphatic heterocycles. The Morgan fingerprint density at radius 3 is 2.85 bits per heavy atom. The van der Waals surface area contributed by atoms with E-state index in [1.165, 1.54) is 0 Å². The van der Waals surface area contributed by atoms with Crippen molar-refractivity contribution in [2.24, 2.45) is 0 Å². The molecule has 1 rings (SSSR count). The molecule has 1 aromatic carbocycles. The Balaban J connectivity index is 2.53. The Morgan fingerprint density at radius 2 is 2.23 bits per heavy atom. The summed E-state index contributed by atoms with van der Waals surface area (Å²) in [6.45, 7) is 1.53. The first kappa shape index (κ1) is 11.2. The van der Waals surface area contributed by atoms with Crippen LogP contribution in [-0.4, -0.2) is 18.3 Å². The minimum atomic E-state index is 0.165. The first-order valence-electron chi connectivity index (χ1n) is 3.99. The Bertz CT molecular complexity index is 280. The van der Waals surface area contributed by atoms with Crippen molar-refractivity contribution in [3.63, 3.8) is 0 Å². The second-order valence-corrected chi connectivity index (χ2v) is 4.22. The van der Waals surface area contributed by atoms with Gasteiger partial charge in [-0.15, -0.1) is 0 Å². The van der Waals surface area contributed by atoms with E-state index < -0.39 is 0 Å². The molecule has 4 heteroatoms. The van der Waals surface area contributed by atoms with Crippen molar-refractivity contribution in [1.82, 2.24) is 5.32 Å². The van der Waals surface area contributed by atoms with Crippen LogP contribution < -0.4 is 5.32 Å². The van der Waals surface area contributed by atoms with Crippen molar-refractivity contribution >= 4 is 34.2 Å². The molecule has 0 heterocycles. The van der Waals surface area contributed by atoms with Crippen LogP contribution in [0.1, 0.15) is 5.56 Å². The summed E-state index contributed by atoms with van der Waals surface area (Å²) >= 11 is 8.14. The molecule has 0 aromatic heterocycles. The van der Waals surface area contributed by atoms with Crippen LogP contribution in [0.25, 0.3) is 0 Å². The van der Waals surface area contributed by atoms with E-state index in [-0.39, 0.29) is 6.61 Å². The summed E-state index contributed by atoms with van der Waals surface area (Å²) in [7, 11) is 0. The van der Waals surface area contributed by atoms with Gasteiger partial charge in [-0.05, 0) is 40.3 Å². The third-order valence-electron chi connectivity index (χ3n) is 1.60. The van der Waals surface area contributed by atoms with Crippen LogP contribution >= 0.6 is 34.2 Å². The molecule has 72 valence electrons. The monoisotopic (exact) mass is 311 g/mol. The first-order chi connectivity index (χ1) is 6.24. The lowest BCUT2D eigenvalue weighted by molar-refractivity contribution is 0.292. The van der Waals surface area contributed by atoms with Gasteiger partial charge in [0.05, 0.1) is 11.6 Å². The molecular formula is C9H11ClINO. The Labute approximate surface area is 96.4 Å². The lowest BCUT2D eigenvalue weighted by atomic mass is 10.2. The Morgan fingerprint density at radius 1 is 1.46 bits per heavy atom. The standard InChI is InChI=1S/C9H11ClINO/c10-8-5-7(1-2-9(8)11)6-12-3-4-13/h1-2,5,12-13H,3-4,6H2. The molecule has 0 fully saturated rings. The van der Waals surface area contributed by atoms with E-state index in [1.807, 2.05) is 18.2 Å². The second-order valence-electron chi connectivity index (χ2n) is 2.65. The highest BCUT2D eigenvalue weighted by Gasteiger charge is 1.97. The smallest absolute Gasteiger partial charge is 0.0556 e. The van der Waals surface area contributed by atoms with Crippen molar-refractivity contribution in [3.05, 3.63) is 32.4 Å². The number of hydrogen-bond donors (Lipinski definition) is 2. The van der Waals surface area contributed by atoms with Gasteiger partial charge in [-0.25, -0.2) is 0 Å². The maximum Gasteiger partial charge on any atom is 0.0556 e. The predicted octanol–water partition coefficient (Wildman–Crippen LogP) is 2.03. The van der Waals surface area contributed by atoms with Crippen molar-refractivity contribution in [3.8, 4) is 0 Å². The molecule has 0 aliphatic rings. The van der Waals surface area contributed by atoms with E-state index in [2.05, 4.69) is 27.9 Å². The summed E-state index contributed by atoms with van der Waals surface area (Å²) in [5.74, 6) is 0. The van der Waals surface area contributed by atoms with Crippen LogP contribution in [0.15, 0.2) is 18.2 Å². The molecule has 0 radical (unpaired) electrons. The van der Waals surface area contributed by atoms with Crippen LogP contribution in [-0.2, 0) is 6.54 Å². The van der Waals surface area contributed by atoms with Gasteiger partial charge in [0.25, 0.3) is 0 Å². The summed E-state index contributed by atoms with van der Waals surface area (Å²) < 4.78 is 1.06. The highest BCUT2D eigenvalue weighted by Crippen LogP contribution is 2.19. The molecule has 2 N–H and O–H groups in total. The fourth-order valence-electron chi connectivity index (χ4n) is 0.961. The summed E-state index contributed by atoms with van der Waals surface area (Å²) in [5, 5.41) is 12.4. The van der Waals surface area contributed by atoms with Gasteiger partial charge in [0, 0.05) is 16.7 Å². The predicted molar refractivity (Wildman–Crippen MR) is 63.0 cm³/mol. The number of halogens is 2. The lowest BCUT2D eigenvalue weighted by Gasteiger charge is -2.04. The maximum absolute atomic E-state index is 8.55. The van der Waals surface area contributed by atoms with E-state index in [4.69, 9.17) is 16.7 Å². The van der Waals surface area contributed by atoms with E-state index in [9.17, 15) is 0 Å². The normalized spacial score (nSPS) is 10.4. The molecule has 0 aliphatic carbocycles. The fraction of sp³-hybridized carbons (Fsp3) is 0.333. The number of benzene rings is 1. The van der Waals surface area contributed by atoms with Crippen molar-refractivity contribution < 1.29 is 5.11 Å². The number of nitrogens with one attached hydrogen (secondary N) is 1. The summed E-state index contributed by atoms with van der Waals surface area (Å²) in [4.78, 5) is 0. The Kier molecular flexibility index (Phi) is 5.01. The minimum absolute atomic E-state index is 0.165. The highest BCUT2D eigenvalue weighted by molar-refractivity contribution is 14.1. The minimum Gasteiger partial charge on any atom is -0.395 e. The molecule has 0 unspecified atom stereocenters. The molecule has 1 aromatic rings. The topological polar surface area (TPSA) is 32.3 Å². The number of aliphatic hydroxyl groups excluding tert-OH is 1. The third kappa shape index (κ3) is 3.81. The van der Waals surface area contributed by atoms with E-state index in [0.29, 0.717) is 6.54 Å². The zero-order valence-corrected chi connectivity index (χ0v) is 9.97. The van der Waals surface area contributed by atoms with Gasteiger partial charge in [-0.3, -0.25) is 0 Å². The molecular weight excluding hydrogens is 300 g/mol. The summed E-state index contributed by atoms with van der Waals surface area (Å²) in [5.41, 5.74) is 1.14. The highest BCUT2D eigenvalue weighted by atomic mass is 127. The fourth-order valence-corrected chi connectivity index (χ4v) is 1.50. The SMILES string of the molecule is OCCNCc1ccc(I)c(Cl)c1. The third-order valence-corrected chi connectivity index (χ3v) is 3.17. The first-order valence-corrected chi connectivity index (χ1v) is 5.45. The molecule has 0 saturated carbocycles. The molecule has 0 saturated heterocycles. The molecule has 0 atom stereocenters.